The number of hydrogen-bond acceptors (Lipinski definition) is 5. The molecule has 0 aliphatic heterocycles. The molecule has 0 radical (unpaired) electrons. The van der Waals surface area contributed by atoms with Crippen LogP contribution < -0.4 is 10.5 Å². The Balaban J connectivity index is 2.36. The second-order valence-corrected chi connectivity index (χ2v) is 7.01. The summed E-state index contributed by atoms with van der Waals surface area (Å²) in [7, 11) is 0.632. The van der Waals surface area contributed by atoms with Crippen LogP contribution in [-0.2, 0) is 10.0 Å². The summed E-state index contributed by atoms with van der Waals surface area (Å²) in [6.07, 6.45) is 1.81. The molecule has 0 unspecified atom stereocenters. The highest BCUT2D eigenvalue weighted by atomic mass is 32.2. The van der Waals surface area contributed by atoms with Crippen LogP contribution in [0.1, 0.15) is 12.8 Å². The number of nitrogens with two attached hydrogens (primary N) is 1. The molecule has 0 bridgehead atoms. The maximum atomic E-state index is 11.8. The smallest absolute Gasteiger partial charge is 0.250 e. The number of sulfonamides is 1. The topological polar surface area (TPSA) is 75.4 Å². The van der Waals surface area contributed by atoms with Crippen molar-refractivity contribution in [3.63, 3.8) is 0 Å². The predicted octanol–water partition coefficient (Wildman–Crippen LogP) is 0.950. The van der Waals surface area contributed by atoms with Gasteiger partial charge >= 0.3 is 0 Å². The Labute approximate surface area is 107 Å². The molecule has 0 aliphatic carbocycles. The third-order valence-corrected chi connectivity index (χ3v) is 5.10. The normalized spacial score (nSPS) is 12.2. The second kappa shape index (κ2) is 6.34. The van der Waals surface area contributed by atoms with E-state index >= 15 is 0 Å². The first-order valence-electron chi connectivity index (χ1n) is 5.40. The van der Waals surface area contributed by atoms with E-state index in [4.69, 9.17) is 5.73 Å². The van der Waals surface area contributed by atoms with Gasteiger partial charge < -0.3 is 10.6 Å². The van der Waals surface area contributed by atoms with Crippen molar-refractivity contribution in [1.29, 1.82) is 0 Å². The Bertz CT molecular complexity index is 440. The average molecular weight is 277 g/mol. The van der Waals surface area contributed by atoms with Crippen LogP contribution in [0.25, 0.3) is 0 Å². The summed E-state index contributed by atoms with van der Waals surface area (Å²) < 4.78 is 26.4. The van der Waals surface area contributed by atoms with Crippen molar-refractivity contribution in [3.8, 4) is 0 Å². The lowest BCUT2D eigenvalue weighted by Gasteiger charge is -2.09. The number of hydrogen-bond donors (Lipinski definition) is 2. The number of nitrogen functional groups attached to an aromatic ring is 1. The minimum absolute atomic E-state index is 0.280. The van der Waals surface area contributed by atoms with Gasteiger partial charge in [0.2, 0.25) is 10.0 Å². The summed E-state index contributed by atoms with van der Waals surface area (Å²) in [5.74, 6) is 0. The zero-order chi connectivity index (χ0) is 12.9. The lowest BCUT2D eigenvalue weighted by molar-refractivity contribution is 0.394. The number of nitrogens with one attached hydrogen (secondary N) is 1. The molecule has 1 aromatic heterocycles. The average Bonchev–Trinajstić information content (AvgIpc) is 2.64. The first kappa shape index (κ1) is 14.4. The van der Waals surface area contributed by atoms with Gasteiger partial charge in [-0.25, -0.2) is 13.1 Å². The Morgan fingerprint density at radius 1 is 1.41 bits per heavy atom. The van der Waals surface area contributed by atoms with Gasteiger partial charge in [0.15, 0.2) is 0 Å². The molecule has 98 valence electrons. The van der Waals surface area contributed by atoms with Gasteiger partial charge in [0.1, 0.15) is 4.21 Å². The SMILES string of the molecule is CN(C)CCCCNS(=O)(=O)c1cc(N)cs1. The zero-order valence-electron chi connectivity index (χ0n) is 10.1. The molecule has 17 heavy (non-hydrogen) atoms. The van der Waals surface area contributed by atoms with Crippen LogP contribution in [0, 0.1) is 0 Å². The van der Waals surface area contributed by atoms with Crippen LogP contribution in [0.15, 0.2) is 15.7 Å². The Kier molecular flexibility index (Phi) is 5.38. The molecule has 0 fully saturated rings. The number of rotatable bonds is 7. The van der Waals surface area contributed by atoms with E-state index in [1.54, 1.807) is 5.38 Å². The number of thiophene rings is 1. The minimum atomic E-state index is -3.37. The van der Waals surface area contributed by atoms with Crippen molar-refractivity contribution < 1.29 is 8.42 Å². The summed E-state index contributed by atoms with van der Waals surface area (Å²) in [5, 5.41) is 1.63. The number of nitrogens with zero attached hydrogens (tertiary/aromatic N) is 1. The van der Waals surface area contributed by atoms with Crippen molar-refractivity contribution in [2.45, 2.75) is 17.1 Å². The maximum absolute atomic E-state index is 11.8. The molecule has 0 saturated heterocycles. The van der Waals surface area contributed by atoms with Gasteiger partial charge in [0.05, 0.1) is 0 Å². The Morgan fingerprint density at radius 2 is 2.12 bits per heavy atom. The van der Waals surface area contributed by atoms with Gasteiger partial charge in [-0.3, -0.25) is 0 Å². The standard InChI is InChI=1S/C10H19N3O2S2/c1-13(2)6-4-3-5-12-17(14,15)10-7-9(11)8-16-10/h7-8,12H,3-6,11H2,1-2H3. The first-order valence-corrected chi connectivity index (χ1v) is 7.76. The number of anilines is 1. The van der Waals surface area contributed by atoms with E-state index in [0.29, 0.717) is 12.2 Å². The molecule has 1 heterocycles. The fourth-order valence-corrected chi connectivity index (χ4v) is 3.50. The quantitative estimate of drug-likeness (QED) is 0.728. The summed E-state index contributed by atoms with van der Waals surface area (Å²) in [5.41, 5.74) is 5.99. The lowest BCUT2D eigenvalue weighted by atomic mass is 10.3. The van der Waals surface area contributed by atoms with Crippen LogP contribution in [0.3, 0.4) is 0 Å². The van der Waals surface area contributed by atoms with Gasteiger partial charge in [-0.2, -0.15) is 0 Å². The van der Waals surface area contributed by atoms with Gasteiger partial charge in [0, 0.05) is 17.6 Å². The van der Waals surface area contributed by atoms with Crippen LogP contribution in [0.4, 0.5) is 5.69 Å². The van der Waals surface area contributed by atoms with Gasteiger partial charge in [-0.15, -0.1) is 11.3 Å². The molecule has 0 amide bonds. The maximum Gasteiger partial charge on any atom is 0.250 e. The predicted molar refractivity (Wildman–Crippen MR) is 71.7 cm³/mol. The number of unbranched alkanes of at least 4 members (excludes halogenated alkanes) is 1. The highest BCUT2D eigenvalue weighted by molar-refractivity contribution is 7.91. The summed E-state index contributed by atoms with van der Waals surface area (Å²) in [6.45, 7) is 1.43. The molecular formula is C10H19N3O2S2. The minimum Gasteiger partial charge on any atom is -0.398 e. The molecule has 5 nitrogen and oxygen atoms in total. The first-order chi connectivity index (χ1) is 7.92. The van der Waals surface area contributed by atoms with E-state index in [1.165, 1.54) is 6.07 Å². The molecule has 0 aromatic carbocycles. The largest absolute Gasteiger partial charge is 0.398 e. The molecule has 1 rings (SSSR count). The van der Waals surface area contributed by atoms with E-state index < -0.39 is 10.0 Å². The van der Waals surface area contributed by atoms with Gasteiger partial charge in [-0.1, -0.05) is 0 Å². The second-order valence-electron chi connectivity index (χ2n) is 4.11. The molecule has 1 aromatic rings. The Hall–Kier alpha value is -0.630. The lowest BCUT2D eigenvalue weighted by Crippen LogP contribution is -2.24. The van der Waals surface area contributed by atoms with Crippen molar-refractivity contribution >= 4 is 27.0 Å². The third kappa shape index (κ3) is 5.03. The Morgan fingerprint density at radius 3 is 2.65 bits per heavy atom. The summed E-state index contributed by atoms with van der Waals surface area (Å²) >= 11 is 1.14. The highest BCUT2D eigenvalue weighted by Gasteiger charge is 2.15. The fraction of sp³-hybridized carbons (Fsp3) is 0.600. The molecule has 0 saturated carbocycles. The van der Waals surface area contributed by atoms with E-state index in [-0.39, 0.29) is 4.21 Å². The van der Waals surface area contributed by atoms with E-state index in [1.807, 2.05) is 14.1 Å². The van der Waals surface area contributed by atoms with Gasteiger partial charge in [-0.05, 0) is 39.5 Å². The van der Waals surface area contributed by atoms with Crippen molar-refractivity contribution in [1.82, 2.24) is 9.62 Å². The molecular weight excluding hydrogens is 258 g/mol. The summed E-state index contributed by atoms with van der Waals surface area (Å²) in [4.78, 5) is 2.08. The van der Waals surface area contributed by atoms with E-state index in [0.717, 1.165) is 30.7 Å². The van der Waals surface area contributed by atoms with Gasteiger partial charge in [0.25, 0.3) is 0 Å². The molecule has 0 spiro atoms. The third-order valence-electron chi connectivity index (χ3n) is 2.18. The van der Waals surface area contributed by atoms with Crippen LogP contribution in [0.2, 0.25) is 0 Å². The zero-order valence-corrected chi connectivity index (χ0v) is 11.8. The molecule has 0 atom stereocenters. The molecule has 3 N–H and O–H groups in total. The van der Waals surface area contributed by atoms with Crippen LogP contribution >= 0.6 is 11.3 Å². The molecule has 7 heteroatoms. The monoisotopic (exact) mass is 277 g/mol. The van der Waals surface area contributed by atoms with Crippen LogP contribution in [0.5, 0.6) is 0 Å². The van der Waals surface area contributed by atoms with Crippen molar-refractivity contribution in [2.24, 2.45) is 0 Å². The summed E-state index contributed by atoms with van der Waals surface area (Å²) in [6, 6.07) is 1.48. The van der Waals surface area contributed by atoms with Crippen LogP contribution in [-0.4, -0.2) is 40.5 Å². The van der Waals surface area contributed by atoms with E-state index in [9.17, 15) is 8.42 Å². The fourth-order valence-electron chi connectivity index (χ4n) is 1.30. The van der Waals surface area contributed by atoms with Crippen molar-refractivity contribution in [2.75, 3.05) is 32.9 Å². The highest BCUT2D eigenvalue weighted by Crippen LogP contribution is 2.21. The molecule has 0 aliphatic rings. The van der Waals surface area contributed by atoms with E-state index in [2.05, 4.69) is 9.62 Å². The van der Waals surface area contributed by atoms with Crippen molar-refractivity contribution in [3.05, 3.63) is 11.4 Å².